The van der Waals surface area contributed by atoms with Gasteiger partial charge < -0.3 is 14.6 Å². The normalized spacial score (nSPS) is 16.5. The van der Waals surface area contributed by atoms with Gasteiger partial charge >= 0.3 is 0 Å². The van der Waals surface area contributed by atoms with E-state index in [-0.39, 0.29) is 6.61 Å². The highest BCUT2D eigenvalue weighted by Gasteiger charge is 2.22. The predicted octanol–water partition coefficient (Wildman–Crippen LogP) is 3.25. The average Bonchev–Trinajstić information content (AvgIpc) is 2.94. The van der Waals surface area contributed by atoms with Crippen LogP contribution in [0.15, 0.2) is 12.1 Å². The molecule has 2 aromatic rings. The standard InChI is InChI=1S/C17H18O3/c1-10-11-4-2-3-5-12(11)13-6-16-17(20-9-19-16)7-14(13)15(10)8-18/h6-7,18H,2-5,8-9H2,1H3. The zero-order valence-electron chi connectivity index (χ0n) is 11.7. The summed E-state index contributed by atoms with van der Waals surface area (Å²) in [5.41, 5.74) is 5.18. The second-order valence-corrected chi connectivity index (χ2v) is 5.68. The highest BCUT2D eigenvalue weighted by Crippen LogP contribution is 2.42. The van der Waals surface area contributed by atoms with Crippen molar-refractivity contribution in [1.82, 2.24) is 0 Å². The maximum atomic E-state index is 9.79. The molecule has 0 aromatic heterocycles. The molecule has 0 amide bonds. The zero-order chi connectivity index (χ0) is 13.7. The number of aliphatic hydroxyl groups is 1. The summed E-state index contributed by atoms with van der Waals surface area (Å²) in [5.74, 6) is 1.63. The summed E-state index contributed by atoms with van der Waals surface area (Å²) in [5, 5.41) is 12.1. The number of hydrogen-bond donors (Lipinski definition) is 1. The van der Waals surface area contributed by atoms with E-state index in [4.69, 9.17) is 9.47 Å². The van der Waals surface area contributed by atoms with Crippen LogP contribution in [-0.4, -0.2) is 11.9 Å². The lowest BCUT2D eigenvalue weighted by molar-refractivity contribution is 0.174. The van der Waals surface area contributed by atoms with E-state index >= 15 is 0 Å². The number of fused-ring (bicyclic) bond motifs is 4. The molecule has 0 radical (unpaired) electrons. The van der Waals surface area contributed by atoms with Crippen molar-refractivity contribution < 1.29 is 14.6 Å². The Morgan fingerprint density at radius 3 is 2.35 bits per heavy atom. The molecule has 1 heterocycles. The summed E-state index contributed by atoms with van der Waals surface area (Å²) in [6.07, 6.45) is 4.74. The van der Waals surface area contributed by atoms with Crippen molar-refractivity contribution in [3.05, 3.63) is 34.4 Å². The molecule has 4 rings (SSSR count). The quantitative estimate of drug-likeness (QED) is 0.864. The van der Waals surface area contributed by atoms with Crippen LogP contribution in [0.3, 0.4) is 0 Å². The van der Waals surface area contributed by atoms with Gasteiger partial charge in [0.2, 0.25) is 6.79 Å². The Balaban J connectivity index is 2.11. The van der Waals surface area contributed by atoms with E-state index < -0.39 is 0 Å². The Hall–Kier alpha value is -1.74. The van der Waals surface area contributed by atoms with Crippen molar-refractivity contribution >= 4 is 10.8 Å². The summed E-state index contributed by atoms with van der Waals surface area (Å²) in [7, 11) is 0. The van der Waals surface area contributed by atoms with Crippen molar-refractivity contribution in [3.63, 3.8) is 0 Å². The van der Waals surface area contributed by atoms with E-state index in [0.29, 0.717) is 6.79 Å². The third kappa shape index (κ3) is 1.56. The molecule has 1 aliphatic heterocycles. The molecule has 2 aromatic carbocycles. The molecule has 0 atom stereocenters. The first-order chi connectivity index (χ1) is 9.79. The second-order valence-electron chi connectivity index (χ2n) is 5.68. The Bertz CT molecular complexity index is 703. The molecule has 0 unspecified atom stereocenters. The number of aliphatic hydroxyl groups excluding tert-OH is 1. The number of ether oxygens (including phenoxy) is 2. The molecule has 0 saturated heterocycles. The van der Waals surface area contributed by atoms with Crippen LogP contribution in [-0.2, 0) is 19.4 Å². The van der Waals surface area contributed by atoms with Crippen LogP contribution < -0.4 is 9.47 Å². The SMILES string of the molecule is Cc1c2c(c3cc4c(cc3c1CO)OCO4)CCCC2. The van der Waals surface area contributed by atoms with Gasteiger partial charge in [-0.25, -0.2) is 0 Å². The van der Waals surface area contributed by atoms with E-state index in [9.17, 15) is 5.11 Å². The van der Waals surface area contributed by atoms with Crippen LogP contribution in [0.4, 0.5) is 0 Å². The monoisotopic (exact) mass is 270 g/mol. The minimum absolute atomic E-state index is 0.0786. The molecule has 104 valence electrons. The van der Waals surface area contributed by atoms with Crippen molar-refractivity contribution in [3.8, 4) is 11.5 Å². The van der Waals surface area contributed by atoms with Crippen LogP contribution in [0.2, 0.25) is 0 Å². The largest absolute Gasteiger partial charge is 0.454 e. The Kier molecular flexibility index (Phi) is 2.64. The smallest absolute Gasteiger partial charge is 0.231 e. The molecule has 0 saturated carbocycles. The van der Waals surface area contributed by atoms with E-state index in [0.717, 1.165) is 35.3 Å². The topological polar surface area (TPSA) is 38.7 Å². The molecule has 0 bridgehead atoms. The maximum Gasteiger partial charge on any atom is 0.231 e. The fourth-order valence-electron chi connectivity index (χ4n) is 3.65. The van der Waals surface area contributed by atoms with Crippen molar-refractivity contribution in [1.29, 1.82) is 0 Å². The van der Waals surface area contributed by atoms with Crippen LogP contribution in [0.25, 0.3) is 10.8 Å². The number of hydrogen-bond acceptors (Lipinski definition) is 3. The van der Waals surface area contributed by atoms with Crippen molar-refractivity contribution in [2.45, 2.75) is 39.2 Å². The lowest BCUT2D eigenvalue weighted by Gasteiger charge is -2.23. The minimum Gasteiger partial charge on any atom is -0.454 e. The lowest BCUT2D eigenvalue weighted by atomic mass is 9.82. The lowest BCUT2D eigenvalue weighted by Crippen LogP contribution is -2.08. The van der Waals surface area contributed by atoms with Gasteiger partial charge in [-0.2, -0.15) is 0 Å². The van der Waals surface area contributed by atoms with Crippen LogP contribution >= 0.6 is 0 Å². The van der Waals surface area contributed by atoms with Gasteiger partial charge in [0.15, 0.2) is 11.5 Å². The van der Waals surface area contributed by atoms with E-state index in [1.165, 1.54) is 34.9 Å². The summed E-state index contributed by atoms with van der Waals surface area (Å²) >= 11 is 0. The van der Waals surface area contributed by atoms with Gasteiger partial charge in [-0.15, -0.1) is 0 Å². The van der Waals surface area contributed by atoms with E-state index in [1.54, 1.807) is 0 Å². The van der Waals surface area contributed by atoms with Crippen LogP contribution in [0, 0.1) is 6.92 Å². The minimum atomic E-state index is 0.0786. The van der Waals surface area contributed by atoms with E-state index in [2.05, 4.69) is 13.0 Å². The zero-order valence-corrected chi connectivity index (χ0v) is 11.7. The van der Waals surface area contributed by atoms with E-state index in [1.807, 2.05) is 6.07 Å². The summed E-state index contributed by atoms with van der Waals surface area (Å²) in [6.45, 7) is 2.51. The van der Waals surface area contributed by atoms with Gasteiger partial charge in [0.05, 0.1) is 6.61 Å². The molecule has 3 nitrogen and oxygen atoms in total. The van der Waals surface area contributed by atoms with Gasteiger partial charge in [0, 0.05) is 0 Å². The third-order valence-electron chi connectivity index (χ3n) is 4.69. The maximum absolute atomic E-state index is 9.79. The first-order valence-electron chi connectivity index (χ1n) is 7.27. The first kappa shape index (κ1) is 12.0. The summed E-state index contributed by atoms with van der Waals surface area (Å²) in [4.78, 5) is 0. The Morgan fingerprint density at radius 1 is 1.00 bits per heavy atom. The predicted molar refractivity (Wildman–Crippen MR) is 77.4 cm³/mol. The molecule has 20 heavy (non-hydrogen) atoms. The van der Waals surface area contributed by atoms with Crippen LogP contribution in [0.1, 0.15) is 35.1 Å². The van der Waals surface area contributed by atoms with Crippen LogP contribution in [0.5, 0.6) is 11.5 Å². The van der Waals surface area contributed by atoms with Gasteiger partial charge in [-0.05, 0) is 77.8 Å². The first-order valence-corrected chi connectivity index (χ1v) is 7.27. The third-order valence-corrected chi connectivity index (χ3v) is 4.69. The number of benzene rings is 2. The van der Waals surface area contributed by atoms with Gasteiger partial charge in [0.1, 0.15) is 0 Å². The van der Waals surface area contributed by atoms with Crippen molar-refractivity contribution in [2.24, 2.45) is 0 Å². The molecule has 0 fully saturated rings. The molecular weight excluding hydrogens is 252 g/mol. The van der Waals surface area contributed by atoms with Gasteiger partial charge in [-0.1, -0.05) is 0 Å². The summed E-state index contributed by atoms with van der Waals surface area (Å²) in [6, 6.07) is 4.13. The second kappa shape index (κ2) is 4.38. The highest BCUT2D eigenvalue weighted by molar-refractivity contribution is 5.94. The Morgan fingerprint density at radius 2 is 1.65 bits per heavy atom. The Labute approximate surface area is 118 Å². The molecule has 2 aliphatic rings. The van der Waals surface area contributed by atoms with Gasteiger partial charge in [-0.3, -0.25) is 0 Å². The average molecular weight is 270 g/mol. The fraction of sp³-hybridized carbons (Fsp3) is 0.412. The van der Waals surface area contributed by atoms with Gasteiger partial charge in [0.25, 0.3) is 0 Å². The van der Waals surface area contributed by atoms with Crippen molar-refractivity contribution in [2.75, 3.05) is 6.79 Å². The molecule has 1 aliphatic carbocycles. The fourth-order valence-corrected chi connectivity index (χ4v) is 3.65. The summed E-state index contributed by atoms with van der Waals surface area (Å²) < 4.78 is 11.0. The molecule has 3 heteroatoms. The number of aryl methyl sites for hydroxylation is 1. The highest BCUT2D eigenvalue weighted by atomic mass is 16.7. The molecular formula is C17H18O3. The molecule has 1 N–H and O–H groups in total. The molecule has 0 spiro atoms. The number of rotatable bonds is 1.